The number of nitrogens with one attached hydrogen (secondary N) is 1. The van der Waals surface area contributed by atoms with Crippen LogP contribution in [0.4, 0.5) is 5.13 Å². The van der Waals surface area contributed by atoms with Crippen molar-refractivity contribution in [3.8, 4) is 0 Å². The van der Waals surface area contributed by atoms with Crippen molar-refractivity contribution in [2.45, 2.75) is 5.92 Å². The Balaban J connectivity index is 2.74. The molecule has 1 atom stereocenters. The van der Waals surface area contributed by atoms with Crippen LogP contribution in [0.5, 0.6) is 0 Å². The van der Waals surface area contributed by atoms with Crippen molar-refractivity contribution >= 4 is 34.6 Å². The molecule has 4 N–H and O–H groups in total. The minimum Gasteiger partial charge on any atom is -0.468 e. The van der Waals surface area contributed by atoms with E-state index in [-0.39, 0.29) is 6.54 Å². The van der Waals surface area contributed by atoms with Gasteiger partial charge in [0.15, 0.2) is 5.13 Å². The number of nitrogen functional groups attached to an aromatic ring is 1. The summed E-state index contributed by atoms with van der Waals surface area (Å²) in [6, 6.07) is 0. The van der Waals surface area contributed by atoms with Crippen LogP contribution in [0.15, 0.2) is 10.5 Å². The number of methoxy groups -OCH3 is 1. The maximum absolute atomic E-state index is 11.6. The number of hydrogen-bond donors (Lipinski definition) is 3. The van der Waals surface area contributed by atoms with Gasteiger partial charge in [-0.2, -0.15) is 0 Å². The average molecular weight is 272 g/mol. The normalized spacial score (nSPS) is 12.3. The molecule has 0 aliphatic rings. The maximum Gasteiger partial charge on any atom is 0.316 e. The molecule has 0 saturated carbocycles. The fourth-order valence-electron chi connectivity index (χ4n) is 1.21. The predicted octanol–water partition coefficient (Wildman–Crippen LogP) is -0.442. The molecule has 0 fully saturated rings. The summed E-state index contributed by atoms with van der Waals surface area (Å²) < 4.78 is 4.62. The molecular formula is C9H12N4O4S. The Kier molecular flexibility index (Phi) is 5.06. The van der Waals surface area contributed by atoms with Crippen LogP contribution in [-0.4, -0.2) is 41.9 Å². The van der Waals surface area contributed by atoms with Crippen LogP contribution in [-0.2, 0) is 14.3 Å². The highest BCUT2D eigenvalue weighted by Crippen LogP contribution is 2.20. The molecule has 98 valence electrons. The Bertz CT molecular complexity index is 459. The topological polar surface area (TPSA) is 127 Å². The molecule has 0 bridgehead atoms. The second kappa shape index (κ2) is 6.55. The highest BCUT2D eigenvalue weighted by atomic mass is 32.1. The number of aromatic nitrogens is 1. The molecule has 1 unspecified atom stereocenters. The first kappa shape index (κ1) is 13.9. The van der Waals surface area contributed by atoms with Crippen molar-refractivity contribution < 1.29 is 19.5 Å². The van der Waals surface area contributed by atoms with Gasteiger partial charge in [-0.15, -0.1) is 11.3 Å². The van der Waals surface area contributed by atoms with Crippen LogP contribution >= 0.6 is 11.3 Å². The number of nitrogens with two attached hydrogens (primary N) is 1. The monoisotopic (exact) mass is 272 g/mol. The smallest absolute Gasteiger partial charge is 0.316 e. The Labute approximate surface area is 106 Å². The molecule has 0 saturated heterocycles. The maximum atomic E-state index is 11.6. The van der Waals surface area contributed by atoms with E-state index in [2.05, 4.69) is 20.2 Å². The Morgan fingerprint density at radius 1 is 1.78 bits per heavy atom. The lowest BCUT2D eigenvalue weighted by atomic mass is 10.1. The summed E-state index contributed by atoms with van der Waals surface area (Å²) in [6.07, 6.45) is 0.684. The molecule has 18 heavy (non-hydrogen) atoms. The molecule has 0 aromatic carbocycles. The summed E-state index contributed by atoms with van der Waals surface area (Å²) in [4.78, 5) is 26.6. The molecular weight excluding hydrogens is 260 g/mol. The second-order valence-corrected chi connectivity index (χ2v) is 4.07. The molecule has 0 aliphatic heterocycles. The molecule has 1 rings (SSSR count). The van der Waals surface area contributed by atoms with Gasteiger partial charge in [-0.1, -0.05) is 5.16 Å². The van der Waals surface area contributed by atoms with E-state index in [0.717, 1.165) is 0 Å². The summed E-state index contributed by atoms with van der Waals surface area (Å²) in [6.45, 7) is -0.0271. The molecule has 9 heteroatoms. The van der Waals surface area contributed by atoms with E-state index in [1.54, 1.807) is 5.38 Å². The van der Waals surface area contributed by atoms with Gasteiger partial charge in [-0.25, -0.2) is 4.98 Å². The van der Waals surface area contributed by atoms with Crippen molar-refractivity contribution in [2.75, 3.05) is 19.4 Å². The van der Waals surface area contributed by atoms with E-state index in [0.29, 0.717) is 17.0 Å². The first-order chi connectivity index (χ1) is 8.58. The van der Waals surface area contributed by atoms with Gasteiger partial charge < -0.3 is 21.0 Å². The van der Waals surface area contributed by atoms with E-state index in [9.17, 15) is 9.59 Å². The zero-order valence-electron chi connectivity index (χ0n) is 9.49. The van der Waals surface area contributed by atoms with Crippen molar-refractivity contribution in [3.05, 3.63) is 11.1 Å². The quantitative estimate of drug-likeness (QED) is 0.288. The van der Waals surface area contributed by atoms with Gasteiger partial charge in [0.05, 0.1) is 12.8 Å². The number of rotatable bonds is 5. The second-order valence-electron chi connectivity index (χ2n) is 3.18. The molecule has 0 spiro atoms. The van der Waals surface area contributed by atoms with Crippen molar-refractivity contribution in [3.63, 3.8) is 0 Å². The number of anilines is 1. The van der Waals surface area contributed by atoms with Gasteiger partial charge in [0.1, 0.15) is 12.1 Å². The molecule has 1 heterocycles. The largest absolute Gasteiger partial charge is 0.468 e. The van der Waals surface area contributed by atoms with Gasteiger partial charge in [0.2, 0.25) is 0 Å². The van der Waals surface area contributed by atoms with Crippen molar-refractivity contribution in [1.29, 1.82) is 0 Å². The lowest BCUT2D eigenvalue weighted by Gasteiger charge is -2.12. The van der Waals surface area contributed by atoms with Crippen molar-refractivity contribution in [2.24, 2.45) is 5.16 Å². The fraction of sp³-hybridized carbons (Fsp3) is 0.333. The lowest BCUT2D eigenvalue weighted by Crippen LogP contribution is -2.33. The minimum absolute atomic E-state index is 0.0271. The molecule has 0 aliphatic carbocycles. The highest BCUT2D eigenvalue weighted by Gasteiger charge is 2.24. The average Bonchev–Trinajstić information content (AvgIpc) is 2.76. The molecule has 8 nitrogen and oxygen atoms in total. The summed E-state index contributed by atoms with van der Waals surface area (Å²) in [5, 5.41) is 15.1. The third-order valence-corrected chi connectivity index (χ3v) is 2.73. The standard InChI is InChI=1S/C9H12N4O4S/c1-17-8(15)5(2-11-7(14)3-12-16)6-4-18-9(10)13-6/h3-5,16H,2H2,1H3,(H2,10,13)(H,11,14). The van der Waals surface area contributed by atoms with E-state index in [1.165, 1.54) is 18.4 Å². The third kappa shape index (κ3) is 3.70. The van der Waals surface area contributed by atoms with Gasteiger partial charge in [-0.05, 0) is 0 Å². The fourth-order valence-corrected chi connectivity index (χ4v) is 1.83. The van der Waals surface area contributed by atoms with Crippen LogP contribution in [0.1, 0.15) is 11.6 Å². The van der Waals surface area contributed by atoms with E-state index < -0.39 is 17.8 Å². The lowest BCUT2D eigenvalue weighted by molar-refractivity contribution is -0.142. The number of amides is 1. The number of hydrogen-bond acceptors (Lipinski definition) is 8. The number of esters is 1. The number of oxime groups is 1. The van der Waals surface area contributed by atoms with Crippen LogP contribution < -0.4 is 11.1 Å². The van der Waals surface area contributed by atoms with Gasteiger partial charge >= 0.3 is 5.97 Å². The van der Waals surface area contributed by atoms with Crippen molar-refractivity contribution in [1.82, 2.24) is 10.3 Å². The zero-order valence-corrected chi connectivity index (χ0v) is 10.3. The summed E-state index contributed by atoms with van der Waals surface area (Å²) in [5.41, 5.74) is 5.90. The Morgan fingerprint density at radius 2 is 2.50 bits per heavy atom. The number of nitrogens with zero attached hydrogens (tertiary/aromatic N) is 2. The van der Waals surface area contributed by atoms with Gasteiger partial charge in [0.25, 0.3) is 5.91 Å². The molecule has 1 aromatic rings. The Morgan fingerprint density at radius 3 is 3.00 bits per heavy atom. The van der Waals surface area contributed by atoms with Crippen LogP contribution in [0.2, 0.25) is 0 Å². The summed E-state index contributed by atoms with van der Waals surface area (Å²) in [5.74, 6) is -1.92. The van der Waals surface area contributed by atoms with E-state index in [1.807, 2.05) is 0 Å². The predicted molar refractivity (Wildman–Crippen MR) is 64.6 cm³/mol. The third-order valence-electron chi connectivity index (χ3n) is 2.04. The van der Waals surface area contributed by atoms with Crippen LogP contribution in [0, 0.1) is 0 Å². The SMILES string of the molecule is COC(=O)C(CNC(=O)C=NO)c1csc(N)n1. The van der Waals surface area contributed by atoms with Crippen LogP contribution in [0.25, 0.3) is 0 Å². The van der Waals surface area contributed by atoms with E-state index >= 15 is 0 Å². The van der Waals surface area contributed by atoms with Gasteiger partial charge in [0, 0.05) is 11.9 Å². The number of ether oxygens (including phenoxy) is 1. The summed E-state index contributed by atoms with van der Waals surface area (Å²) >= 11 is 1.18. The molecule has 1 aromatic heterocycles. The Hall–Kier alpha value is -2.16. The number of carbonyl (C=O) groups excluding carboxylic acids is 2. The first-order valence-electron chi connectivity index (χ1n) is 4.82. The first-order valence-corrected chi connectivity index (χ1v) is 5.70. The number of carbonyl (C=O) groups is 2. The number of thiazole rings is 1. The summed E-state index contributed by atoms with van der Waals surface area (Å²) in [7, 11) is 1.24. The molecule has 0 radical (unpaired) electrons. The zero-order chi connectivity index (χ0) is 13.5. The van der Waals surface area contributed by atoms with Crippen LogP contribution in [0.3, 0.4) is 0 Å². The minimum atomic E-state index is -0.750. The highest BCUT2D eigenvalue weighted by molar-refractivity contribution is 7.13. The van der Waals surface area contributed by atoms with Gasteiger partial charge in [-0.3, -0.25) is 9.59 Å². The van der Waals surface area contributed by atoms with E-state index in [4.69, 9.17) is 10.9 Å². The molecule has 1 amide bonds.